The Kier molecular flexibility index (Phi) is 7.10. The maximum absolute atomic E-state index is 4.80. The van der Waals surface area contributed by atoms with Gasteiger partial charge in [0.15, 0.2) is 0 Å². The van der Waals surface area contributed by atoms with Crippen molar-refractivity contribution in [2.24, 2.45) is 5.10 Å². The van der Waals surface area contributed by atoms with Crippen LogP contribution in [0.5, 0.6) is 0 Å². The van der Waals surface area contributed by atoms with E-state index in [1.54, 1.807) is 5.01 Å². The molecule has 0 aliphatic carbocycles. The first-order valence-corrected chi connectivity index (χ1v) is 11.3. The lowest BCUT2D eigenvalue weighted by Gasteiger charge is -2.20. The fraction of sp³-hybridized carbons (Fsp3) is 0.179. The number of nitrogens with zero attached hydrogens (tertiary/aromatic N) is 5. The van der Waals surface area contributed by atoms with E-state index in [9.17, 15) is 0 Å². The van der Waals surface area contributed by atoms with Crippen LogP contribution < -0.4 is 9.91 Å². The predicted molar refractivity (Wildman–Crippen MR) is 139 cm³/mol. The molecule has 0 atom stereocenters. The molecule has 5 heteroatoms. The topological polar surface area (TPSA) is 44.6 Å². The Balaban J connectivity index is 1.63. The molecule has 0 amide bonds. The van der Waals surface area contributed by atoms with E-state index < -0.39 is 0 Å². The second-order valence-electron chi connectivity index (χ2n) is 7.70. The summed E-state index contributed by atoms with van der Waals surface area (Å²) in [5, 5.41) is 6.34. The Labute approximate surface area is 196 Å². The van der Waals surface area contributed by atoms with Gasteiger partial charge in [0.2, 0.25) is 5.95 Å². The molecule has 0 N–H and O–H groups in total. The molecule has 166 valence electrons. The molecule has 0 spiro atoms. The monoisotopic (exact) mass is 435 g/mol. The molecule has 4 aromatic rings. The maximum Gasteiger partial charge on any atom is 0.247 e. The summed E-state index contributed by atoms with van der Waals surface area (Å²) in [7, 11) is 1.87. The molecule has 4 rings (SSSR count). The van der Waals surface area contributed by atoms with Gasteiger partial charge in [-0.05, 0) is 37.6 Å². The summed E-state index contributed by atoms with van der Waals surface area (Å²) >= 11 is 0. The number of hydrogen-bond donors (Lipinski definition) is 0. The van der Waals surface area contributed by atoms with Crippen molar-refractivity contribution in [3.8, 4) is 22.5 Å². The van der Waals surface area contributed by atoms with Gasteiger partial charge < -0.3 is 4.90 Å². The molecule has 33 heavy (non-hydrogen) atoms. The van der Waals surface area contributed by atoms with Crippen LogP contribution in [0.1, 0.15) is 19.4 Å². The number of hydrogen-bond acceptors (Lipinski definition) is 5. The van der Waals surface area contributed by atoms with Gasteiger partial charge in [0, 0.05) is 37.0 Å². The highest BCUT2D eigenvalue weighted by atomic mass is 15.5. The third-order valence-corrected chi connectivity index (χ3v) is 5.54. The summed E-state index contributed by atoms with van der Waals surface area (Å²) in [5.41, 5.74) is 6.07. The van der Waals surface area contributed by atoms with Gasteiger partial charge in [0.25, 0.3) is 0 Å². The standard InChI is InChI=1S/C28H29N5/c1-4-33(5-2)25-18-16-22(17-19-25)21-29-32(3)28-30-26(23-12-8-6-9-13-23)20-27(31-28)24-14-10-7-11-15-24/h6-21H,4-5H2,1-3H3/b29-21+. The molecule has 0 fully saturated rings. The zero-order valence-corrected chi connectivity index (χ0v) is 19.4. The molecule has 1 aromatic heterocycles. The average Bonchev–Trinajstić information content (AvgIpc) is 2.89. The molecule has 1 heterocycles. The minimum absolute atomic E-state index is 0.547. The molecule has 0 aliphatic rings. The number of aromatic nitrogens is 2. The third-order valence-electron chi connectivity index (χ3n) is 5.54. The smallest absolute Gasteiger partial charge is 0.247 e. The van der Waals surface area contributed by atoms with Gasteiger partial charge in [-0.1, -0.05) is 72.8 Å². The van der Waals surface area contributed by atoms with Gasteiger partial charge in [-0.15, -0.1) is 0 Å². The largest absolute Gasteiger partial charge is 0.372 e. The van der Waals surface area contributed by atoms with E-state index in [2.05, 4.69) is 72.4 Å². The first-order chi connectivity index (χ1) is 16.2. The van der Waals surface area contributed by atoms with Crippen molar-refractivity contribution in [1.29, 1.82) is 0 Å². The maximum atomic E-state index is 4.80. The quantitative estimate of drug-likeness (QED) is 0.247. The van der Waals surface area contributed by atoms with Crippen LogP contribution in [0.3, 0.4) is 0 Å². The number of hydrazone groups is 1. The lowest BCUT2D eigenvalue weighted by molar-refractivity contribution is 0.866. The summed E-state index contributed by atoms with van der Waals surface area (Å²) in [6, 6.07) is 30.8. The van der Waals surface area contributed by atoms with Gasteiger partial charge in [-0.2, -0.15) is 5.10 Å². The SMILES string of the molecule is CCN(CC)c1ccc(/C=N/N(C)c2nc(-c3ccccc3)cc(-c3ccccc3)n2)cc1. The number of rotatable bonds is 8. The second-order valence-corrected chi connectivity index (χ2v) is 7.70. The van der Waals surface area contributed by atoms with E-state index in [1.165, 1.54) is 5.69 Å². The van der Waals surface area contributed by atoms with E-state index in [-0.39, 0.29) is 0 Å². The molecule has 0 unspecified atom stereocenters. The minimum Gasteiger partial charge on any atom is -0.372 e. The number of benzene rings is 3. The highest BCUT2D eigenvalue weighted by Gasteiger charge is 2.11. The Bertz CT molecular complexity index is 1130. The van der Waals surface area contributed by atoms with E-state index >= 15 is 0 Å². The van der Waals surface area contributed by atoms with Crippen LogP contribution >= 0.6 is 0 Å². The zero-order chi connectivity index (χ0) is 23.0. The summed E-state index contributed by atoms with van der Waals surface area (Å²) in [4.78, 5) is 11.9. The summed E-state index contributed by atoms with van der Waals surface area (Å²) in [5.74, 6) is 0.547. The van der Waals surface area contributed by atoms with E-state index in [0.717, 1.165) is 41.2 Å². The molecule has 3 aromatic carbocycles. The van der Waals surface area contributed by atoms with Crippen LogP contribution in [0.15, 0.2) is 96.1 Å². The van der Waals surface area contributed by atoms with Crippen molar-refractivity contribution in [3.63, 3.8) is 0 Å². The van der Waals surface area contributed by atoms with E-state index in [4.69, 9.17) is 9.97 Å². The Morgan fingerprint density at radius 2 is 1.24 bits per heavy atom. The Morgan fingerprint density at radius 3 is 1.73 bits per heavy atom. The van der Waals surface area contributed by atoms with Crippen LogP contribution in [0.4, 0.5) is 11.6 Å². The highest BCUT2D eigenvalue weighted by molar-refractivity contribution is 5.81. The molecular weight excluding hydrogens is 406 g/mol. The van der Waals surface area contributed by atoms with E-state index in [1.807, 2.05) is 55.7 Å². The molecule has 0 saturated carbocycles. The fourth-order valence-electron chi connectivity index (χ4n) is 3.66. The van der Waals surface area contributed by atoms with Crippen molar-refractivity contribution in [2.45, 2.75) is 13.8 Å². The van der Waals surface area contributed by atoms with Gasteiger partial charge >= 0.3 is 0 Å². The van der Waals surface area contributed by atoms with Crippen molar-refractivity contribution in [3.05, 3.63) is 96.6 Å². The third kappa shape index (κ3) is 5.44. The molecule has 0 aliphatic heterocycles. The average molecular weight is 436 g/mol. The van der Waals surface area contributed by atoms with Crippen molar-refractivity contribution >= 4 is 17.9 Å². The van der Waals surface area contributed by atoms with Crippen LogP contribution in [-0.4, -0.2) is 36.3 Å². The normalized spacial score (nSPS) is 11.0. The summed E-state index contributed by atoms with van der Waals surface area (Å²) < 4.78 is 0. The summed E-state index contributed by atoms with van der Waals surface area (Å²) in [6.07, 6.45) is 1.84. The fourth-order valence-corrected chi connectivity index (χ4v) is 3.66. The number of anilines is 2. The van der Waals surface area contributed by atoms with Gasteiger partial charge in [0.1, 0.15) is 0 Å². The molecule has 0 radical (unpaired) electrons. The lowest BCUT2D eigenvalue weighted by Crippen LogP contribution is -2.21. The van der Waals surface area contributed by atoms with Crippen LogP contribution in [0, 0.1) is 0 Å². The van der Waals surface area contributed by atoms with Crippen LogP contribution in [0.25, 0.3) is 22.5 Å². The molecule has 0 saturated heterocycles. The Morgan fingerprint density at radius 1 is 0.727 bits per heavy atom. The predicted octanol–water partition coefficient (Wildman–Crippen LogP) is 6.13. The van der Waals surface area contributed by atoms with Crippen molar-refractivity contribution in [1.82, 2.24) is 9.97 Å². The second kappa shape index (κ2) is 10.6. The Hall–Kier alpha value is -3.99. The minimum atomic E-state index is 0.547. The van der Waals surface area contributed by atoms with Crippen LogP contribution in [-0.2, 0) is 0 Å². The summed E-state index contributed by atoms with van der Waals surface area (Å²) in [6.45, 7) is 6.32. The zero-order valence-electron chi connectivity index (χ0n) is 19.4. The van der Waals surface area contributed by atoms with Crippen molar-refractivity contribution in [2.75, 3.05) is 30.0 Å². The van der Waals surface area contributed by atoms with Gasteiger partial charge in [0.05, 0.1) is 17.6 Å². The van der Waals surface area contributed by atoms with E-state index in [0.29, 0.717) is 5.95 Å². The van der Waals surface area contributed by atoms with Crippen molar-refractivity contribution < 1.29 is 0 Å². The van der Waals surface area contributed by atoms with Crippen LogP contribution in [0.2, 0.25) is 0 Å². The highest BCUT2D eigenvalue weighted by Crippen LogP contribution is 2.26. The first-order valence-electron chi connectivity index (χ1n) is 11.3. The first kappa shape index (κ1) is 22.2. The van der Waals surface area contributed by atoms with Gasteiger partial charge in [-0.25, -0.2) is 15.0 Å². The van der Waals surface area contributed by atoms with Gasteiger partial charge in [-0.3, -0.25) is 0 Å². The molecular formula is C28H29N5. The lowest BCUT2D eigenvalue weighted by atomic mass is 10.1. The molecule has 0 bridgehead atoms. The molecule has 5 nitrogen and oxygen atoms in total.